The van der Waals surface area contributed by atoms with E-state index in [1.807, 2.05) is 19.9 Å². The third-order valence-corrected chi connectivity index (χ3v) is 9.69. The van der Waals surface area contributed by atoms with Crippen LogP contribution in [0.1, 0.15) is 66.4 Å². The lowest BCUT2D eigenvalue weighted by Crippen LogP contribution is -2.52. The SMILES string of the molecule is [2H]C[C@]12O[C@@H](n3cnc4c(NC(=O)c5ccccc5)ncnc43)[C@H](OC1(C)C)[C@@H]2OP(OCC[N+]#[C-])N(C(C)C)C(C)C. The second-order valence-corrected chi connectivity index (χ2v) is 12.8. The van der Waals surface area contributed by atoms with E-state index >= 15 is 0 Å². The first-order chi connectivity index (χ1) is 20.5. The van der Waals surface area contributed by atoms with E-state index in [0.29, 0.717) is 16.7 Å². The summed E-state index contributed by atoms with van der Waals surface area (Å²) in [6.07, 6.45) is 0.956. The van der Waals surface area contributed by atoms with Crippen molar-refractivity contribution in [2.45, 2.75) is 90.2 Å². The van der Waals surface area contributed by atoms with Crippen molar-refractivity contribution in [1.82, 2.24) is 24.2 Å². The quantitative estimate of drug-likeness (QED) is 0.181. The number of aromatic nitrogens is 4. The molecule has 2 aliphatic rings. The Morgan fingerprint density at radius 3 is 2.62 bits per heavy atom. The number of nitrogens with one attached hydrogen (secondary N) is 1. The Labute approximate surface area is 248 Å². The van der Waals surface area contributed by atoms with E-state index in [0.717, 1.165) is 0 Å². The second kappa shape index (κ2) is 11.9. The van der Waals surface area contributed by atoms with Gasteiger partial charge in [-0.25, -0.2) is 26.2 Å². The van der Waals surface area contributed by atoms with Gasteiger partial charge in [-0.05, 0) is 60.6 Å². The minimum absolute atomic E-state index is 0.106. The van der Waals surface area contributed by atoms with E-state index in [1.165, 1.54) is 6.33 Å². The van der Waals surface area contributed by atoms with Crippen molar-refractivity contribution >= 4 is 31.4 Å². The van der Waals surface area contributed by atoms with Crippen molar-refractivity contribution < 1.29 is 24.7 Å². The number of hydrogen-bond acceptors (Lipinski definition) is 9. The van der Waals surface area contributed by atoms with Gasteiger partial charge in [-0.15, -0.1) is 0 Å². The lowest BCUT2D eigenvalue weighted by Gasteiger charge is -2.42. The van der Waals surface area contributed by atoms with Crippen LogP contribution in [0.25, 0.3) is 16.0 Å². The highest BCUT2D eigenvalue weighted by atomic mass is 31.2. The molecule has 224 valence electrons. The summed E-state index contributed by atoms with van der Waals surface area (Å²) >= 11 is 0. The van der Waals surface area contributed by atoms with E-state index in [4.69, 9.17) is 26.5 Å². The molecule has 5 atom stereocenters. The smallest absolute Gasteiger partial charge is 0.259 e. The number of carbonyl (C=O) groups is 1. The molecule has 12 nitrogen and oxygen atoms in total. The molecule has 1 N–H and O–H groups in total. The van der Waals surface area contributed by atoms with Gasteiger partial charge in [0.25, 0.3) is 14.4 Å². The number of benzene rings is 1. The number of fused-ring (bicyclic) bond motifs is 3. The highest BCUT2D eigenvalue weighted by molar-refractivity contribution is 7.44. The molecule has 2 aliphatic heterocycles. The maximum absolute atomic E-state index is 12.8. The van der Waals surface area contributed by atoms with Gasteiger partial charge in [0.05, 0.1) is 11.9 Å². The van der Waals surface area contributed by atoms with Crippen LogP contribution in [0.2, 0.25) is 0 Å². The third-order valence-electron chi connectivity index (χ3n) is 7.58. The molecule has 1 aromatic carbocycles. The van der Waals surface area contributed by atoms with Gasteiger partial charge < -0.3 is 28.7 Å². The highest BCUT2D eigenvalue weighted by Crippen LogP contribution is 2.60. The summed E-state index contributed by atoms with van der Waals surface area (Å²) in [7, 11) is -1.62. The number of rotatable bonds is 11. The molecular weight excluding hydrogens is 557 g/mol. The van der Waals surface area contributed by atoms with Gasteiger partial charge >= 0.3 is 0 Å². The zero-order valence-electron chi connectivity index (χ0n) is 25.7. The molecule has 5 rings (SSSR count). The Balaban J connectivity index is 1.48. The van der Waals surface area contributed by atoms with Crippen LogP contribution in [0.4, 0.5) is 5.82 Å². The molecule has 2 aromatic heterocycles. The molecule has 2 bridgehead atoms. The molecule has 13 heteroatoms. The molecule has 3 aromatic rings. The predicted octanol–water partition coefficient (Wildman–Crippen LogP) is 5.21. The minimum atomic E-state index is -1.62. The zero-order chi connectivity index (χ0) is 30.9. The summed E-state index contributed by atoms with van der Waals surface area (Å²) in [5, 5.41) is 2.83. The molecule has 0 radical (unpaired) electrons. The average Bonchev–Trinajstić information content (AvgIpc) is 3.59. The summed E-state index contributed by atoms with van der Waals surface area (Å²) in [6, 6.07) is 9.06. The molecule has 1 amide bonds. The number of ether oxygens (including phenoxy) is 2. The van der Waals surface area contributed by atoms with Gasteiger partial charge in [-0.2, -0.15) is 0 Å². The van der Waals surface area contributed by atoms with E-state index in [-0.39, 0.29) is 43.9 Å². The van der Waals surface area contributed by atoms with Gasteiger partial charge in [0.2, 0.25) is 6.54 Å². The third kappa shape index (κ3) is 5.41. The number of carbonyl (C=O) groups excluding carboxylic acids is 1. The fourth-order valence-electron chi connectivity index (χ4n) is 5.45. The number of nitrogens with zero attached hydrogens (tertiary/aromatic N) is 6. The van der Waals surface area contributed by atoms with Crippen LogP contribution in [-0.4, -0.2) is 78.7 Å². The first kappa shape index (κ1) is 29.1. The Bertz CT molecular complexity index is 1470. The van der Waals surface area contributed by atoms with Crippen LogP contribution in [0.3, 0.4) is 0 Å². The fraction of sp³-hybridized carbons (Fsp3) is 0.552. The van der Waals surface area contributed by atoms with Crippen molar-refractivity contribution in [3.05, 3.63) is 60.0 Å². The molecule has 4 heterocycles. The summed E-state index contributed by atoms with van der Waals surface area (Å²) in [5.41, 5.74) is -0.633. The maximum atomic E-state index is 12.8. The largest absolute Gasteiger partial charge is 0.362 e. The van der Waals surface area contributed by atoms with Crippen LogP contribution >= 0.6 is 8.53 Å². The van der Waals surface area contributed by atoms with Gasteiger partial charge in [0.15, 0.2) is 23.2 Å². The van der Waals surface area contributed by atoms with Crippen LogP contribution in [0.15, 0.2) is 43.0 Å². The number of amides is 1. The zero-order valence-corrected chi connectivity index (χ0v) is 25.6. The molecular formula is C29H38N7O5P. The topological polar surface area (TPSA) is 117 Å². The second-order valence-electron chi connectivity index (χ2n) is 11.4. The van der Waals surface area contributed by atoms with Crippen molar-refractivity contribution in [1.29, 1.82) is 0 Å². The Morgan fingerprint density at radius 1 is 1.21 bits per heavy atom. The van der Waals surface area contributed by atoms with Crippen molar-refractivity contribution in [3.8, 4) is 0 Å². The van der Waals surface area contributed by atoms with Crippen LogP contribution in [-0.2, 0) is 18.5 Å². The van der Waals surface area contributed by atoms with Gasteiger partial charge in [0.1, 0.15) is 30.7 Å². The highest BCUT2D eigenvalue weighted by Gasteiger charge is 2.70. The van der Waals surface area contributed by atoms with Crippen LogP contribution < -0.4 is 5.32 Å². The molecule has 1 unspecified atom stereocenters. The average molecular weight is 597 g/mol. The Kier molecular flexibility index (Phi) is 8.24. The molecule has 42 heavy (non-hydrogen) atoms. The standard InChI is InChI=1S/C29H38N7O5P/c1-18(2)36(19(3)4)42(38-15-14-30-8)41-23-22-27(40-29(23,7)28(5,6)39-22)35-17-33-21-24(31-16-32-25(21)35)34-26(37)20-12-10-9-11-13-20/h9-13,16-19,22-23,27H,14-15H2,1-7H3,(H,31,32,34,37)/t22-,23+,27-,29-,42?/m1/s1/i7D. The van der Waals surface area contributed by atoms with E-state index in [1.54, 1.807) is 35.2 Å². The van der Waals surface area contributed by atoms with Crippen molar-refractivity contribution in [2.24, 2.45) is 0 Å². The summed E-state index contributed by atoms with van der Waals surface area (Å²) < 4.78 is 38.8. The number of hydrogen-bond donors (Lipinski definition) is 1. The number of imidazole rings is 1. The molecule has 0 spiro atoms. The van der Waals surface area contributed by atoms with E-state index in [2.05, 4.69) is 57.5 Å². The first-order valence-corrected chi connectivity index (χ1v) is 15.1. The molecule has 2 fully saturated rings. The monoisotopic (exact) mass is 596 g/mol. The van der Waals surface area contributed by atoms with Crippen LogP contribution in [0.5, 0.6) is 0 Å². The number of anilines is 1. The van der Waals surface area contributed by atoms with Gasteiger partial charge in [-0.1, -0.05) is 18.2 Å². The van der Waals surface area contributed by atoms with E-state index in [9.17, 15) is 4.79 Å². The summed E-state index contributed by atoms with van der Waals surface area (Å²) in [6.45, 7) is 19.6. The van der Waals surface area contributed by atoms with Gasteiger partial charge in [-0.3, -0.25) is 9.36 Å². The summed E-state index contributed by atoms with van der Waals surface area (Å²) in [5.74, 6) is -0.0456. The first-order valence-electron chi connectivity index (χ1n) is 14.7. The molecule has 0 aliphatic carbocycles. The van der Waals surface area contributed by atoms with Crippen LogP contribution in [0, 0.1) is 6.57 Å². The molecule has 2 saturated heterocycles. The summed E-state index contributed by atoms with van der Waals surface area (Å²) in [4.78, 5) is 29.5. The van der Waals surface area contributed by atoms with Crippen molar-refractivity contribution in [2.75, 3.05) is 18.5 Å². The Morgan fingerprint density at radius 2 is 1.95 bits per heavy atom. The van der Waals surface area contributed by atoms with E-state index < -0.39 is 38.2 Å². The minimum Gasteiger partial charge on any atom is -0.362 e. The Hall–Kier alpha value is -3.04. The lowest BCUT2D eigenvalue weighted by atomic mass is 9.86. The lowest BCUT2D eigenvalue weighted by molar-refractivity contribution is -0.240. The van der Waals surface area contributed by atoms with Gasteiger partial charge in [0, 0.05) is 19.0 Å². The fourth-order valence-corrected chi connectivity index (χ4v) is 7.23. The normalized spacial score (nSPS) is 25.7. The molecule has 0 saturated carbocycles. The maximum Gasteiger partial charge on any atom is 0.259 e. The van der Waals surface area contributed by atoms with Crippen molar-refractivity contribution in [3.63, 3.8) is 0 Å². The predicted molar refractivity (Wildman–Crippen MR) is 159 cm³/mol.